The van der Waals surface area contributed by atoms with Gasteiger partial charge in [0.15, 0.2) is 0 Å². The highest BCUT2D eigenvalue weighted by atomic mass is 32.2. The minimum Gasteiger partial charge on any atom is -0.378 e. The smallest absolute Gasteiger partial charge is 0.261 e. The fraction of sp³-hybridized carbons (Fsp3) is 0.231. The zero-order valence-corrected chi connectivity index (χ0v) is 18.8. The molecule has 1 aliphatic carbocycles. The van der Waals surface area contributed by atoms with E-state index < -0.39 is 10.0 Å². The third kappa shape index (κ3) is 3.69. The molecule has 2 N–H and O–H groups in total. The first kappa shape index (κ1) is 20.8. The molecular formula is C26H25FN2O2S. The Hall–Kier alpha value is -3.12. The van der Waals surface area contributed by atoms with Crippen molar-refractivity contribution in [2.24, 2.45) is 5.92 Å². The minimum atomic E-state index is -3.72. The number of nitrogens with one attached hydrogen (secondary N) is 2. The molecule has 3 aromatic rings. The van der Waals surface area contributed by atoms with Gasteiger partial charge >= 0.3 is 0 Å². The van der Waals surface area contributed by atoms with Crippen LogP contribution in [0.25, 0.3) is 0 Å². The second kappa shape index (κ2) is 7.78. The Balaban J connectivity index is 1.48. The van der Waals surface area contributed by atoms with E-state index in [1.807, 2.05) is 44.2 Å². The molecule has 0 unspecified atom stereocenters. The highest BCUT2D eigenvalue weighted by Crippen LogP contribution is 2.50. The molecule has 6 heteroatoms. The topological polar surface area (TPSA) is 58.2 Å². The Morgan fingerprint density at radius 3 is 2.50 bits per heavy atom. The lowest BCUT2D eigenvalue weighted by molar-refractivity contribution is 0.424. The molecule has 0 fully saturated rings. The number of rotatable bonds is 4. The van der Waals surface area contributed by atoms with Crippen molar-refractivity contribution >= 4 is 21.4 Å². The predicted molar refractivity (Wildman–Crippen MR) is 126 cm³/mol. The number of sulfonamides is 1. The summed E-state index contributed by atoms with van der Waals surface area (Å²) in [6.07, 6.45) is 5.20. The molecular weight excluding hydrogens is 423 g/mol. The van der Waals surface area contributed by atoms with E-state index in [2.05, 4.69) is 22.2 Å². The van der Waals surface area contributed by atoms with Gasteiger partial charge in [-0.05, 0) is 90.9 Å². The van der Waals surface area contributed by atoms with Gasteiger partial charge in [0, 0.05) is 17.3 Å². The first-order valence-electron chi connectivity index (χ1n) is 10.7. The van der Waals surface area contributed by atoms with Crippen molar-refractivity contribution in [2.75, 3.05) is 10.0 Å². The third-order valence-corrected chi connectivity index (χ3v) is 8.01. The molecule has 0 saturated carbocycles. The van der Waals surface area contributed by atoms with E-state index in [9.17, 15) is 12.8 Å². The molecule has 0 spiro atoms. The molecule has 2 aliphatic rings. The average Bonchev–Trinajstić information content (AvgIpc) is 3.26. The summed E-state index contributed by atoms with van der Waals surface area (Å²) in [5.41, 5.74) is 5.62. The Kier molecular flexibility index (Phi) is 5.05. The van der Waals surface area contributed by atoms with Gasteiger partial charge < -0.3 is 5.32 Å². The lowest BCUT2D eigenvalue weighted by Gasteiger charge is -2.37. The summed E-state index contributed by atoms with van der Waals surface area (Å²) in [5, 5.41) is 3.57. The largest absolute Gasteiger partial charge is 0.378 e. The van der Waals surface area contributed by atoms with Gasteiger partial charge in [-0.3, -0.25) is 4.72 Å². The summed E-state index contributed by atoms with van der Waals surface area (Å²) < 4.78 is 42.3. The molecule has 164 valence electrons. The monoisotopic (exact) mass is 448 g/mol. The summed E-state index contributed by atoms with van der Waals surface area (Å²) in [6.45, 7) is 3.96. The molecule has 32 heavy (non-hydrogen) atoms. The number of anilines is 2. The Labute approximate surface area is 188 Å². The van der Waals surface area contributed by atoms with Crippen LogP contribution in [-0.2, 0) is 10.0 Å². The number of hydrogen-bond acceptors (Lipinski definition) is 3. The Morgan fingerprint density at radius 2 is 1.75 bits per heavy atom. The Bertz CT molecular complexity index is 1320. The van der Waals surface area contributed by atoms with Gasteiger partial charge in [0.1, 0.15) is 5.82 Å². The van der Waals surface area contributed by atoms with Gasteiger partial charge in [-0.15, -0.1) is 0 Å². The van der Waals surface area contributed by atoms with Gasteiger partial charge in [0.25, 0.3) is 10.0 Å². The SMILES string of the molecule is Cc1ccc(NS(=O)(=O)c2ccc3c(c2)[C@H]2C=CC[C@H]2[C@@H](c2ccc(F)cc2)N3)cc1C. The van der Waals surface area contributed by atoms with Crippen LogP contribution in [0.5, 0.6) is 0 Å². The van der Waals surface area contributed by atoms with Crippen molar-refractivity contribution in [3.63, 3.8) is 0 Å². The van der Waals surface area contributed by atoms with E-state index in [1.54, 1.807) is 18.2 Å². The molecule has 5 rings (SSSR count). The van der Waals surface area contributed by atoms with Crippen LogP contribution in [0.1, 0.15) is 40.6 Å². The first-order valence-corrected chi connectivity index (χ1v) is 12.2. The van der Waals surface area contributed by atoms with Crippen molar-refractivity contribution in [2.45, 2.75) is 37.1 Å². The fourth-order valence-electron chi connectivity index (χ4n) is 4.76. The molecule has 1 aliphatic heterocycles. The van der Waals surface area contributed by atoms with Crippen molar-refractivity contribution in [3.8, 4) is 0 Å². The van der Waals surface area contributed by atoms with Crippen LogP contribution in [0.2, 0.25) is 0 Å². The number of allylic oxidation sites excluding steroid dienone is 2. The maximum absolute atomic E-state index is 13.4. The van der Waals surface area contributed by atoms with Crippen molar-refractivity contribution in [1.82, 2.24) is 0 Å². The molecule has 0 radical (unpaired) electrons. The van der Waals surface area contributed by atoms with Gasteiger partial charge in [-0.2, -0.15) is 0 Å². The molecule has 3 aromatic carbocycles. The second-order valence-corrected chi connectivity index (χ2v) is 10.4. The lowest BCUT2D eigenvalue weighted by Crippen LogP contribution is -2.29. The van der Waals surface area contributed by atoms with E-state index in [1.165, 1.54) is 12.1 Å². The molecule has 0 amide bonds. The molecule has 0 saturated heterocycles. The molecule has 4 nitrogen and oxygen atoms in total. The summed E-state index contributed by atoms with van der Waals surface area (Å²) in [7, 11) is -3.72. The van der Waals surface area contributed by atoms with Crippen molar-refractivity contribution < 1.29 is 12.8 Å². The van der Waals surface area contributed by atoms with Gasteiger partial charge in [0.05, 0.1) is 10.9 Å². The van der Waals surface area contributed by atoms with Crippen molar-refractivity contribution in [1.29, 1.82) is 0 Å². The van der Waals surface area contributed by atoms with Crippen LogP contribution in [0.3, 0.4) is 0 Å². The maximum Gasteiger partial charge on any atom is 0.261 e. The number of benzene rings is 3. The number of fused-ring (bicyclic) bond motifs is 3. The average molecular weight is 449 g/mol. The quantitative estimate of drug-likeness (QED) is 0.476. The normalized spacial score (nSPS) is 21.5. The third-order valence-electron chi connectivity index (χ3n) is 6.63. The van der Waals surface area contributed by atoms with E-state index >= 15 is 0 Å². The van der Waals surface area contributed by atoms with Gasteiger partial charge in [-0.1, -0.05) is 30.4 Å². The number of halogens is 1. The number of hydrogen-bond donors (Lipinski definition) is 2. The fourth-order valence-corrected chi connectivity index (χ4v) is 5.84. The van der Waals surface area contributed by atoms with Crippen LogP contribution >= 0.6 is 0 Å². The highest BCUT2D eigenvalue weighted by molar-refractivity contribution is 7.92. The van der Waals surface area contributed by atoms with Crippen LogP contribution in [0.15, 0.2) is 77.7 Å². The lowest BCUT2D eigenvalue weighted by atomic mass is 9.77. The maximum atomic E-state index is 13.4. The molecule has 0 bridgehead atoms. The van der Waals surface area contributed by atoms with Crippen LogP contribution in [0, 0.1) is 25.6 Å². The summed E-state index contributed by atoms with van der Waals surface area (Å²) in [4.78, 5) is 0.246. The van der Waals surface area contributed by atoms with E-state index in [0.29, 0.717) is 5.69 Å². The van der Waals surface area contributed by atoms with Gasteiger partial charge in [0.2, 0.25) is 0 Å². The van der Waals surface area contributed by atoms with Gasteiger partial charge in [-0.25, -0.2) is 12.8 Å². The molecule has 0 aromatic heterocycles. The highest BCUT2D eigenvalue weighted by Gasteiger charge is 2.38. The van der Waals surface area contributed by atoms with E-state index in [-0.39, 0.29) is 28.6 Å². The summed E-state index contributed by atoms with van der Waals surface area (Å²) >= 11 is 0. The van der Waals surface area contributed by atoms with Crippen LogP contribution in [-0.4, -0.2) is 8.42 Å². The van der Waals surface area contributed by atoms with Crippen LogP contribution < -0.4 is 10.0 Å². The second-order valence-electron chi connectivity index (χ2n) is 8.68. The Morgan fingerprint density at radius 1 is 0.969 bits per heavy atom. The zero-order chi connectivity index (χ0) is 22.5. The standard InChI is InChI=1S/C26H25FN2O2S/c1-16-6-11-20(14-17(16)2)29-32(30,31)21-12-13-25-24(15-21)22-4-3-5-23(22)26(28-25)18-7-9-19(27)10-8-18/h3-4,6-15,22-23,26,28-29H,5H2,1-2H3/t22-,23+,26+/m0/s1. The summed E-state index contributed by atoms with van der Waals surface area (Å²) in [6, 6.07) is 17.4. The van der Waals surface area contributed by atoms with E-state index in [4.69, 9.17) is 0 Å². The molecule has 3 atom stereocenters. The summed E-state index contributed by atoms with van der Waals surface area (Å²) in [5.74, 6) is 0.105. The minimum absolute atomic E-state index is 0.0409. The van der Waals surface area contributed by atoms with Crippen molar-refractivity contribution in [3.05, 3.63) is 101 Å². The zero-order valence-electron chi connectivity index (χ0n) is 18.0. The first-order chi connectivity index (χ1) is 15.3. The van der Waals surface area contributed by atoms with Crippen LogP contribution in [0.4, 0.5) is 15.8 Å². The number of aryl methyl sites for hydroxylation is 2. The predicted octanol–water partition coefficient (Wildman–Crippen LogP) is 6.07. The molecule has 1 heterocycles. The van der Waals surface area contributed by atoms with E-state index in [0.717, 1.165) is 34.4 Å².